The first-order valence-electron chi connectivity index (χ1n) is 5.51. The summed E-state index contributed by atoms with van der Waals surface area (Å²) in [6, 6.07) is 3.68. The zero-order valence-electron chi connectivity index (χ0n) is 8.89. The normalized spacial score (nSPS) is 20.4. The van der Waals surface area contributed by atoms with E-state index in [0.29, 0.717) is 11.5 Å². The maximum absolute atomic E-state index is 10.7. The van der Waals surface area contributed by atoms with Gasteiger partial charge in [0.2, 0.25) is 0 Å². The number of imidazole rings is 1. The van der Waals surface area contributed by atoms with Crippen molar-refractivity contribution in [3.63, 3.8) is 0 Å². The molecule has 2 aromatic rings. The van der Waals surface area contributed by atoms with E-state index in [9.17, 15) is 4.79 Å². The van der Waals surface area contributed by atoms with Crippen LogP contribution in [0.3, 0.4) is 0 Å². The number of nitrogens with zero attached hydrogens (tertiary/aromatic N) is 2. The van der Waals surface area contributed by atoms with Gasteiger partial charge in [-0.2, -0.15) is 0 Å². The molecule has 4 heteroatoms. The van der Waals surface area contributed by atoms with Crippen LogP contribution in [0.15, 0.2) is 24.5 Å². The third-order valence-corrected chi connectivity index (χ3v) is 3.11. The van der Waals surface area contributed by atoms with E-state index >= 15 is 0 Å². The number of hydrogen-bond donors (Lipinski definition) is 1. The quantitative estimate of drug-likeness (QED) is 0.766. The van der Waals surface area contributed by atoms with Crippen LogP contribution in [-0.4, -0.2) is 28.8 Å². The van der Waals surface area contributed by atoms with Crippen LogP contribution >= 0.6 is 0 Å². The average molecular weight is 215 g/mol. The predicted molar refractivity (Wildman–Crippen MR) is 60.8 cm³/mol. The second kappa shape index (κ2) is 3.72. The number of carbonyl (C=O) groups is 1. The third-order valence-electron chi connectivity index (χ3n) is 3.11. The van der Waals surface area contributed by atoms with Crippen LogP contribution in [0.2, 0.25) is 0 Å². The lowest BCUT2D eigenvalue weighted by atomic mass is 10.1. The lowest BCUT2D eigenvalue weighted by Gasteiger charge is -2.01. The highest BCUT2D eigenvalue weighted by molar-refractivity contribution is 5.74. The van der Waals surface area contributed by atoms with Gasteiger partial charge in [-0.1, -0.05) is 0 Å². The minimum absolute atomic E-state index is 0.514. The van der Waals surface area contributed by atoms with E-state index in [0.717, 1.165) is 37.1 Å². The van der Waals surface area contributed by atoms with Crippen molar-refractivity contribution in [3.05, 3.63) is 35.8 Å². The summed E-state index contributed by atoms with van der Waals surface area (Å²) in [6.45, 7) is 2.07. The minimum atomic E-state index is 0.514. The molecule has 3 rings (SSSR count). The summed E-state index contributed by atoms with van der Waals surface area (Å²) < 4.78 is 1.93. The second-order valence-electron chi connectivity index (χ2n) is 4.20. The molecule has 0 radical (unpaired) electrons. The van der Waals surface area contributed by atoms with E-state index < -0.39 is 0 Å². The zero-order chi connectivity index (χ0) is 11.0. The summed E-state index contributed by atoms with van der Waals surface area (Å²) in [5.74, 6) is 0.514. The molecule has 0 aromatic carbocycles. The number of aldehydes is 1. The SMILES string of the molecule is O=Cc1ccc2nc(C3CCNC3)cn2c1. The molecule has 0 aliphatic carbocycles. The highest BCUT2D eigenvalue weighted by atomic mass is 16.1. The van der Waals surface area contributed by atoms with Gasteiger partial charge in [0.05, 0.1) is 5.69 Å². The number of rotatable bonds is 2. The number of pyridine rings is 1. The summed E-state index contributed by atoms with van der Waals surface area (Å²) in [6.07, 6.45) is 5.85. The van der Waals surface area contributed by atoms with Gasteiger partial charge in [0, 0.05) is 30.4 Å². The standard InChI is InChI=1S/C12H13N3O/c16-8-9-1-2-12-14-11(7-15(12)6-9)10-3-4-13-5-10/h1-2,6-8,10,13H,3-5H2. The van der Waals surface area contributed by atoms with Gasteiger partial charge in [-0.3, -0.25) is 4.79 Å². The number of hydrogen-bond acceptors (Lipinski definition) is 3. The van der Waals surface area contributed by atoms with Crippen molar-refractivity contribution in [2.75, 3.05) is 13.1 Å². The van der Waals surface area contributed by atoms with E-state index in [2.05, 4.69) is 10.3 Å². The molecular weight excluding hydrogens is 202 g/mol. The average Bonchev–Trinajstić information content (AvgIpc) is 2.96. The second-order valence-corrected chi connectivity index (χ2v) is 4.20. The van der Waals surface area contributed by atoms with Crippen LogP contribution < -0.4 is 5.32 Å². The minimum Gasteiger partial charge on any atom is -0.316 e. The topological polar surface area (TPSA) is 46.4 Å². The van der Waals surface area contributed by atoms with Gasteiger partial charge < -0.3 is 9.72 Å². The van der Waals surface area contributed by atoms with Crippen LogP contribution in [0, 0.1) is 0 Å². The molecule has 3 heterocycles. The number of fused-ring (bicyclic) bond motifs is 1. The van der Waals surface area contributed by atoms with Gasteiger partial charge in [0.1, 0.15) is 5.65 Å². The van der Waals surface area contributed by atoms with Gasteiger partial charge in [0.25, 0.3) is 0 Å². The third kappa shape index (κ3) is 1.51. The van der Waals surface area contributed by atoms with Crippen LogP contribution in [0.25, 0.3) is 5.65 Å². The smallest absolute Gasteiger partial charge is 0.151 e. The molecule has 1 unspecified atom stereocenters. The van der Waals surface area contributed by atoms with Gasteiger partial charge in [-0.05, 0) is 25.1 Å². The lowest BCUT2D eigenvalue weighted by Crippen LogP contribution is -2.07. The van der Waals surface area contributed by atoms with Gasteiger partial charge in [-0.15, -0.1) is 0 Å². The Bertz CT molecular complexity index is 526. The maximum Gasteiger partial charge on any atom is 0.151 e. The van der Waals surface area contributed by atoms with Crippen LogP contribution in [0.1, 0.15) is 28.4 Å². The molecule has 1 aliphatic heterocycles. The van der Waals surface area contributed by atoms with Crippen LogP contribution in [0.4, 0.5) is 0 Å². The fraction of sp³-hybridized carbons (Fsp3) is 0.333. The van der Waals surface area contributed by atoms with Crippen LogP contribution in [0.5, 0.6) is 0 Å². The summed E-state index contributed by atoms with van der Waals surface area (Å²) in [7, 11) is 0. The fourth-order valence-corrected chi connectivity index (χ4v) is 2.20. The van der Waals surface area contributed by atoms with Gasteiger partial charge in [-0.25, -0.2) is 4.98 Å². The molecular formula is C12H13N3O. The summed E-state index contributed by atoms with van der Waals surface area (Å²) in [5.41, 5.74) is 2.71. The Morgan fingerprint density at radius 2 is 2.38 bits per heavy atom. The molecule has 2 aromatic heterocycles. The molecule has 0 spiro atoms. The fourth-order valence-electron chi connectivity index (χ4n) is 2.20. The first-order chi connectivity index (χ1) is 7.86. The lowest BCUT2D eigenvalue weighted by molar-refractivity contribution is 0.112. The van der Waals surface area contributed by atoms with Crippen molar-refractivity contribution < 1.29 is 4.79 Å². The molecule has 0 amide bonds. The van der Waals surface area contributed by atoms with Crippen molar-refractivity contribution >= 4 is 11.9 Å². The molecule has 4 nitrogen and oxygen atoms in total. The monoisotopic (exact) mass is 215 g/mol. The van der Waals surface area contributed by atoms with Gasteiger partial charge in [0.15, 0.2) is 6.29 Å². The Balaban J connectivity index is 2.04. The Hall–Kier alpha value is -1.68. The highest BCUT2D eigenvalue weighted by Gasteiger charge is 2.19. The summed E-state index contributed by atoms with van der Waals surface area (Å²) in [4.78, 5) is 15.2. The van der Waals surface area contributed by atoms with Crippen LogP contribution in [-0.2, 0) is 0 Å². The van der Waals surface area contributed by atoms with Crippen molar-refractivity contribution in [2.24, 2.45) is 0 Å². The summed E-state index contributed by atoms with van der Waals surface area (Å²) >= 11 is 0. The van der Waals surface area contributed by atoms with Crippen molar-refractivity contribution in [3.8, 4) is 0 Å². The maximum atomic E-state index is 10.7. The number of nitrogens with one attached hydrogen (secondary N) is 1. The predicted octanol–water partition coefficient (Wildman–Crippen LogP) is 1.22. The molecule has 1 saturated heterocycles. The molecule has 0 saturated carbocycles. The van der Waals surface area contributed by atoms with E-state index in [1.54, 1.807) is 6.07 Å². The van der Waals surface area contributed by atoms with Gasteiger partial charge >= 0.3 is 0 Å². The molecule has 0 bridgehead atoms. The number of carbonyl (C=O) groups excluding carboxylic acids is 1. The Kier molecular flexibility index (Phi) is 2.22. The molecule has 82 valence electrons. The van der Waals surface area contributed by atoms with E-state index in [-0.39, 0.29) is 0 Å². The Labute approximate surface area is 93.3 Å². The Morgan fingerprint density at radius 1 is 1.44 bits per heavy atom. The van der Waals surface area contributed by atoms with E-state index in [1.807, 2.05) is 22.9 Å². The van der Waals surface area contributed by atoms with E-state index in [1.165, 1.54) is 0 Å². The Morgan fingerprint density at radius 3 is 3.12 bits per heavy atom. The van der Waals surface area contributed by atoms with E-state index in [4.69, 9.17) is 0 Å². The molecule has 1 aliphatic rings. The first-order valence-corrected chi connectivity index (χ1v) is 5.51. The largest absolute Gasteiger partial charge is 0.316 e. The zero-order valence-corrected chi connectivity index (χ0v) is 8.89. The van der Waals surface area contributed by atoms with Crippen molar-refractivity contribution in [1.29, 1.82) is 0 Å². The number of aromatic nitrogens is 2. The first kappa shape index (κ1) is 9.54. The van der Waals surface area contributed by atoms with Crippen molar-refractivity contribution in [2.45, 2.75) is 12.3 Å². The molecule has 1 fully saturated rings. The molecule has 1 atom stereocenters. The summed E-state index contributed by atoms with van der Waals surface area (Å²) in [5, 5.41) is 3.33. The highest BCUT2D eigenvalue weighted by Crippen LogP contribution is 2.21. The molecule has 16 heavy (non-hydrogen) atoms. The molecule has 1 N–H and O–H groups in total. The van der Waals surface area contributed by atoms with Crippen molar-refractivity contribution in [1.82, 2.24) is 14.7 Å².